The van der Waals surface area contributed by atoms with Crippen molar-refractivity contribution in [2.24, 2.45) is 0 Å². The molecule has 8 heteroatoms. The van der Waals surface area contributed by atoms with E-state index in [4.69, 9.17) is 4.74 Å². The number of aliphatic hydroxyl groups is 1. The first-order valence-corrected chi connectivity index (χ1v) is 9.75. The molecule has 0 bridgehead atoms. The summed E-state index contributed by atoms with van der Waals surface area (Å²) < 4.78 is 35.1. The lowest BCUT2D eigenvalue weighted by Crippen LogP contribution is -2.43. The fourth-order valence-electron chi connectivity index (χ4n) is 3.43. The number of hydrogen-bond acceptors (Lipinski definition) is 5. The molecule has 0 aliphatic heterocycles. The summed E-state index contributed by atoms with van der Waals surface area (Å²) in [5.41, 5.74) is -0.529. The summed E-state index contributed by atoms with van der Waals surface area (Å²) in [6.45, 7) is 3.23. The highest BCUT2D eigenvalue weighted by Gasteiger charge is 2.34. The molecule has 3 rings (SSSR count). The largest absolute Gasteiger partial charge is 0.493 e. The monoisotopic (exact) mass is 416 g/mol. The normalized spacial score (nSPS) is 13.4. The van der Waals surface area contributed by atoms with Gasteiger partial charge in [-0.05, 0) is 38.1 Å². The lowest BCUT2D eigenvalue weighted by molar-refractivity contribution is -0.0165. The average molecular weight is 416 g/mol. The maximum atomic E-state index is 14.5. The summed E-state index contributed by atoms with van der Waals surface area (Å²) in [6, 6.07) is 11.0. The summed E-state index contributed by atoms with van der Waals surface area (Å²) in [6.07, 6.45) is 3.51. The lowest BCUT2D eigenvalue weighted by atomic mass is 9.92. The van der Waals surface area contributed by atoms with E-state index in [0.29, 0.717) is 13.2 Å². The second-order valence-corrected chi connectivity index (χ2v) is 7.45. The van der Waals surface area contributed by atoms with Crippen LogP contribution in [0.5, 0.6) is 5.75 Å². The highest BCUT2D eigenvalue weighted by molar-refractivity contribution is 5.31. The molecule has 1 heterocycles. The number of rotatable bonds is 10. The zero-order valence-electron chi connectivity index (χ0n) is 17.1. The third kappa shape index (κ3) is 5.61. The van der Waals surface area contributed by atoms with Gasteiger partial charge in [0.1, 0.15) is 35.6 Å². The van der Waals surface area contributed by atoms with Gasteiger partial charge in [0.15, 0.2) is 0 Å². The Hall–Kier alpha value is -2.84. The van der Waals surface area contributed by atoms with E-state index in [0.717, 1.165) is 29.9 Å². The van der Waals surface area contributed by atoms with Crippen molar-refractivity contribution in [3.63, 3.8) is 0 Å². The molecular weight excluding hydrogens is 390 g/mol. The molecule has 1 unspecified atom stereocenters. The molecule has 1 N–H and O–H groups in total. The van der Waals surface area contributed by atoms with Crippen LogP contribution in [-0.2, 0) is 12.1 Å². The molecule has 1 atom stereocenters. The van der Waals surface area contributed by atoms with Crippen molar-refractivity contribution in [1.29, 1.82) is 0 Å². The standard InChI is InChI=1S/C22H26F2N4O2/c1-17-6-3-4-7-21(17)30-11-5-10-27(2)13-22(29,14-28-16-25-15-26-28)19-9-8-18(23)12-20(19)24/h3-4,6-9,12,15-16,29H,5,10-11,13-14H2,1-2H3. The van der Waals surface area contributed by atoms with Gasteiger partial charge >= 0.3 is 0 Å². The van der Waals surface area contributed by atoms with Gasteiger partial charge in [-0.25, -0.2) is 18.4 Å². The number of likely N-dealkylation sites (N-methyl/N-ethyl adjacent to an activating group) is 1. The highest BCUT2D eigenvalue weighted by Crippen LogP contribution is 2.27. The molecule has 0 aliphatic rings. The molecular formula is C22H26F2N4O2. The van der Waals surface area contributed by atoms with Gasteiger partial charge < -0.3 is 14.7 Å². The topological polar surface area (TPSA) is 63.4 Å². The number of hydrogen-bond donors (Lipinski definition) is 1. The molecule has 0 saturated heterocycles. The van der Waals surface area contributed by atoms with Crippen LogP contribution in [0.4, 0.5) is 8.78 Å². The van der Waals surface area contributed by atoms with E-state index >= 15 is 0 Å². The number of nitrogens with zero attached hydrogens (tertiary/aromatic N) is 4. The van der Waals surface area contributed by atoms with E-state index in [1.165, 1.54) is 23.4 Å². The smallest absolute Gasteiger partial charge is 0.137 e. The van der Waals surface area contributed by atoms with Gasteiger partial charge in [0.05, 0.1) is 13.2 Å². The van der Waals surface area contributed by atoms with Crippen LogP contribution >= 0.6 is 0 Å². The summed E-state index contributed by atoms with van der Waals surface area (Å²) in [4.78, 5) is 5.76. The fourth-order valence-corrected chi connectivity index (χ4v) is 3.43. The van der Waals surface area contributed by atoms with Gasteiger partial charge in [0.2, 0.25) is 0 Å². The van der Waals surface area contributed by atoms with Crippen LogP contribution in [0.2, 0.25) is 0 Å². The number of aromatic nitrogens is 3. The number of ether oxygens (including phenoxy) is 1. The van der Waals surface area contributed by atoms with Crippen LogP contribution in [0.15, 0.2) is 55.1 Å². The van der Waals surface area contributed by atoms with Crippen LogP contribution in [0.3, 0.4) is 0 Å². The van der Waals surface area contributed by atoms with Crippen LogP contribution in [0, 0.1) is 18.6 Å². The Morgan fingerprint density at radius 2 is 2.00 bits per heavy atom. The van der Waals surface area contributed by atoms with Gasteiger partial charge in [-0.2, -0.15) is 5.10 Å². The van der Waals surface area contributed by atoms with Crippen molar-refractivity contribution in [1.82, 2.24) is 19.7 Å². The predicted molar refractivity (Wildman–Crippen MR) is 109 cm³/mol. The van der Waals surface area contributed by atoms with Crippen molar-refractivity contribution < 1.29 is 18.6 Å². The Morgan fingerprint density at radius 3 is 2.70 bits per heavy atom. The Balaban J connectivity index is 1.64. The minimum absolute atomic E-state index is 0.0143. The van der Waals surface area contributed by atoms with E-state index in [1.54, 1.807) is 0 Å². The van der Waals surface area contributed by atoms with Crippen molar-refractivity contribution in [2.45, 2.75) is 25.5 Å². The van der Waals surface area contributed by atoms with Crippen molar-refractivity contribution in [3.8, 4) is 5.75 Å². The number of aryl methyl sites for hydroxylation is 1. The van der Waals surface area contributed by atoms with E-state index in [1.807, 2.05) is 43.1 Å². The summed E-state index contributed by atoms with van der Waals surface area (Å²) in [5.74, 6) is -0.647. The average Bonchev–Trinajstić information content (AvgIpc) is 3.19. The second kappa shape index (κ2) is 9.77. The molecule has 0 aliphatic carbocycles. The maximum Gasteiger partial charge on any atom is 0.137 e. The van der Waals surface area contributed by atoms with Gasteiger partial charge in [-0.1, -0.05) is 24.3 Å². The predicted octanol–water partition coefficient (Wildman–Crippen LogP) is 3.15. The first-order chi connectivity index (χ1) is 14.4. The van der Waals surface area contributed by atoms with Crippen LogP contribution < -0.4 is 4.74 Å². The molecule has 0 saturated carbocycles. The summed E-state index contributed by atoms with van der Waals surface area (Å²) in [7, 11) is 1.83. The SMILES string of the molecule is Cc1ccccc1OCCCN(C)CC(O)(Cn1cncn1)c1ccc(F)cc1F. The van der Waals surface area contributed by atoms with E-state index in [2.05, 4.69) is 10.1 Å². The quantitative estimate of drug-likeness (QED) is 0.515. The zero-order valence-corrected chi connectivity index (χ0v) is 17.1. The Morgan fingerprint density at radius 1 is 1.20 bits per heavy atom. The van der Waals surface area contributed by atoms with Gasteiger partial charge in [0.25, 0.3) is 0 Å². The highest BCUT2D eigenvalue weighted by atomic mass is 19.1. The number of para-hydroxylation sites is 1. The van der Waals surface area contributed by atoms with E-state index in [-0.39, 0.29) is 18.7 Å². The summed E-state index contributed by atoms with van der Waals surface area (Å²) >= 11 is 0. The summed E-state index contributed by atoms with van der Waals surface area (Å²) in [5, 5.41) is 15.4. The first kappa shape index (κ1) is 21.9. The zero-order chi connectivity index (χ0) is 21.6. The Bertz CT molecular complexity index is 952. The molecule has 1 aromatic heterocycles. The molecule has 6 nitrogen and oxygen atoms in total. The van der Waals surface area contributed by atoms with Gasteiger partial charge in [-0.3, -0.25) is 0 Å². The van der Waals surface area contributed by atoms with Crippen LogP contribution in [-0.4, -0.2) is 51.5 Å². The Kier molecular flexibility index (Phi) is 7.12. The van der Waals surface area contributed by atoms with E-state index in [9.17, 15) is 13.9 Å². The second-order valence-electron chi connectivity index (χ2n) is 7.45. The van der Waals surface area contributed by atoms with E-state index < -0.39 is 17.2 Å². The van der Waals surface area contributed by atoms with Gasteiger partial charge in [0, 0.05) is 24.7 Å². The molecule has 2 aromatic carbocycles. The molecule has 0 amide bonds. The van der Waals surface area contributed by atoms with Crippen molar-refractivity contribution >= 4 is 0 Å². The number of halogens is 2. The molecule has 3 aromatic rings. The molecule has 0 radical (unpaired) electrons. The first-order valence-electron chi connectivity index (χ1n) is 9.75. The van der Waals surface area contributed by atoms with Crippen LogP contribution in [0.25, 0.3) is 0 Å². The third-order valence-electron chi connectivity index (χ3n) is 4.89. The number of benzene rings is 2. The van der Waals surface area contributed by atoms with Crippen LogP contribution in [0.1, 0.15) is 17.5 Å². The molecule has 30 heavy (non-hydrogen) atoms. The lowest BCUT2D eigenvalue weighted by Gasteiger charge is -2.33. The fraction of sp³-hybridized carbons (Fsp3) is 0.364. The third-order valence-corrected chi connectivity index (χ3v) is 4.89. The molecule has 0 fully saturated rings. The maximum absolute atomic E-state index is 14.5. The Labute approximate surface area is 174 Å². The van der Waals surface area contributed by atoms with Crippen molar-refractivity contribution in [3.05, 3.63) is 77.9 Å². The minimum Gasteiger partial charge on any atom is -0.493 e. The van der Waals surface area contributed by atoms with Gasteiger partial charge in [-0.15, -0.1) is 0 Å². The molecule has 160 valence electrons. The minimum atomic E-state index is -1.61. The molecule has 0 spiro atoms. The van der Waals surface area contributed by atoms with Crippen molar-refractivity contribution in [2.75, 3.05) is 26.7 Å².